The summed E-state index contributed by atoms with van der Waals surface area (Å²) < 4.78 is 5.32. The molecule has 0 saturated carbocycles. The first-order valence-electron chi connectivity index (χ1n) is 5.65. The molecule has 106 valence electrons. The van der Waals surface area contributed by atoms with Gasteiger partial charge >= 0.3 is 0 Å². The lowest BCUT2D eigenvalue weighted by atomic mass is 10.3. The van der Waals surface area contributed by atoms with Gasteiger partial charge in [-0.1, -0.05) is 34.8 Å². The number of likely N-dealkylation sites (N-methyl/N-ethyl adjacent to an activating group) is 1. The highest BCUT2D eigenvalue weighted by Gasteiger charge is 2.13. The van der Waals surface area contributed by atoms with Gasteiger partial charge in [0, 0.05) is 19.2 Å². The lowest BCUT2D eigenvalue weighted by molar-refractivity contribution is -0.133. The first-order chi connectivity index (χ1) is 8.99. The van der Waals surface area contributed by atoms with Crippen molar-refractivity contribution in [1.82, 2.24) is 4.90 Å². The quantitative estimate of drug-likeness (QED) is 0.818. The highest BCUT2D eigenvalue weighted by atomic mass is 35.5. The number of ether oxygens (including phenoxy) is 1. The van der Waals surface area contributed by atoms with Crippen LogP contribution in [0, 0.1) is 0 Å². The van der Waals surface area contributed by atoms with E-state index in [-0.39, 0.29) is 30.7 Å². The van der Waals surface area contributed by atoms with Crippen LogP contribution in [0.5, 0.6) is 5.75 Å². The van der Waals surface area contributed by atoms with Crippen LogP contribution in [0.25, 0.3) is 0 Å². The summed E-state index contributed by atoms with van der Waals surface area (Å²) in [5.74, 6) is 0.0585. The van der Waals surface area contributed by atoms with Crippen molar-refractivity contribution in [3.05, 3.63) is 27.2 Å². The van der Waals surface area contributed by atoms with Gasteiger partial charge in [0.05, 0.1) is 21.7 Å². The van der Waals surface area contributed by atoms with E-state index in [1.54, 1.807) is 0 Å². The minimum absolute atomic E-state index is 0.0902. The second kappa shape index (κ2) is 7.80. The molecular formula is C12H14Cl3NO3. The Labute approximate surface area is 126 Å². The van der Waals surface area contributed by atoms with E-state index in [1.165, 1.54) is 17.0 Å². The van der Waals surface area contributed by atoms with Crippen molar-refractivity contribution in [2.45, 2.75) is 6.92 Å². The predicted molar refractivity (Wildman–Crippen MR) is 76.3 cm³/mol. The minimum atomic E-state index is -0.237. The number of halogens is 3. The lowest BCUT2D eigenvalue weighted by Crippen LogP contribution is -2.36. The van der Waals surface area contributed by atoms with Gasteiger partial charge in [0.1, 0.15) is 5.75 Å². The van der Waals surface area contributed by atoms with Gasteiger partial charge in [0.15, 0.2) is 6.61 Å². The summed E-state index contributed by atoms with van der Waals surface area (Å²) in [5, 5.41) is 9.73. The summed E-state index contributed by atoms with van der Waals surface area (Å²) in [4.78, 5) is 13.3. The highest BCUT2D eigenvalue weighted by Crippen LogP contribution is 2.33. The fourth-order valence-corrected chi connectivity index (χ4v) is 2.02. The molecule has 0 aliphatic carbocycles. The van der Waals surface area contributed by atoms with Crippen molar-refractivity contribution in [3.63, 3.8) is 0 Å². The monoisotopic (exact) mass is 325 g/mol. The minimum Gasteiger partial charge on any atom is -0.482 e. The SMILES string of the molecule is CCN(CCO)C(=O)COc1cc(Cl)c(Cl)cc1Cl. The van der Waals surface area contributed by atoms with Crippen molar-refractivity contribution in [2.75, 3.05) is 26.3 Å². The molecule has 1 aromatic rings. The largest absolute Gasteiger partial charge is 0.482 e. The van der Waals surface area contributed by atoms with E-state index in [2.05, 4.69) is 0 Å². The molecule has 19 heavy (non-hydrogen) atoms. The summed E-state index contributed by atoms with van der Waals surface area (Å²) in [6, 6.07) is 2.92. The Bertz CT molecular complexity index is 454. The van der Waals surface area contributed by atoms with Crippen LogP contribution in [-0.2, 0) is 4.79 Å². The molecule has 1 aromatic carbocycles. The molecule has 0 aromatic heterocycles. The fourth-order valence-electron chi connectivity index (χ4n) is 1.43. The number of nitrogens with zero attached hydrogens (tertiary/aromatic N) is 1. The predicted octanol–water partition coefficient (Wildman–Crippen LogP) is 2.87. The number of rotatable bonds is 6. The third-order valence-electron chi connectivity index (χ3n) is 2.43. The van der Waals surface area contributed by atoms with Crippen molar-refractivity contribution < 1.29 is 14.6 Å². The molecule has 0 unspecified atom stereocenters. The Morgan fingerprint density at radius 1 is 1.26 bits per heavy atom. The molecule has 0 spiro atoms. The Morgan fingerprint density at radius 2 is 1.89 bits per heavy atom. The molecule has 0 radical (unpaired) electrons. The van der Waals surface area contributed by atoms with Gasteiger partial charge in [-0.2, -0.15) is 0 Å². The normalized spacial score (nSPS) is 10.4. The maximum absolute atomic E-state index is 11.8. The van der Waals surface area contributed by atoms with Crippen LogP contribution in [-0.4, -0.2) is 42.2 Å². The summed E-state index contributed by atoms with van der Waals surface area (Å²) in [5.41, 5.74) is 0. The smallest absolute Gasteiger partial charge is 0.260 e. The third-order valence-corrected chi connectivity index (χ3v) is 3.45. The number of hydrogen-bond acceptors (Lipinski definition) is 3. The molecule has 1 N–H and O–H groups in total. The standard InChI is InChI=1S/C12H14Cl3NO3/c1-2-16(3-4-17)12(18)7-19-11-6-9(14)8(13)5-10(11)15/h5-6,17H,2-4,7H2,1H3. The molecule has 0 saturated heterocycles. The molecule has 0 fully saturated rings. The first kappa shape index (κ1) is 16.4. The van der Waals surface area contributed by atoms with Gasteiger partial charge in [-0.05, 0) is 13.0 Å². The molecule has 0 aliphatic heterocycles. The molecule has 0 heterocycles. The van der Waals surface area contributed by atoms with E-state index >= 15 is 0 Å². The zero-order valence-corrected chi connectivity index (χ0v) is 12.6. The molecule has 0 bridgehead atoms. The van der Waals surface area contributed by atoms with E-state index in [0.29, 0.717) is 22.3 Å². The number of amides is 1. The van der Waals surface area contributed by atoms with Crippen LogP contribution < -0.4 is 4.74 Å². The number of aliphatic hydroxyl groups is 1. The van der Waals surface area contributed by atoms with Crippen LogP contribution in [0.1, 0.15) is 6.92 Å². The summed E-state index contributed by atoms with van der Waals surface area (Å²) in [6.45, 7) is 2.32. The van der Waals surface area contributed by atoms with E-state index in [0.717, 1.165) is 0 Å². The summed E-state index contributed by atoms with van der Waals surface area (Å²) in [6.07, 6.45) is 0. The Balaban J connectivity index is 2.66. The zero-order chi connectivity index (χ0) is 14.4. The molecule has 4 nitrogen and oxygen atoms in total. The average Bonchev–Trinajstić information content (AvgIpc) is 2.38. The summed E-state index contributed by atoms with van der Waals surface area (Å²) >= 11 is 17.6. The van der Waals surface area contributed by atoms with Crippen LogP contribution in [0.2, 0.25) is 15.1 Å². The average molecular weight is 327 g/mol. The van der Waals surface area contributed by atoms with Gasteiger partial charge in [-0.15, -0.1) is 0 Å². The number of hydrogen-bond donors (Lipinski definition) is 1. The molecule has 1 rings (SSSR count). The Hall–Kier alpha value is -0.680. The second-order valence-corrected chi connectivity index (χ2v) is 4.90. The molecule has 0 atom stereocenters. The Morgan fingerprint density at radius 3 is 2.47 bits per heavy atom. The van der Waals surface area contributed by atoms with Gasteiger partial charge in [0.2, 0.25) is 0 Å². The van der Waals surface area contributed by atoms with Crippen LogP contribution in [0.15, 0.2) is 12.1 Å². The lowest BCUT2D eigenvalue weighted by Gasteiger charge is -2.20. The molecule has 1 amide bonds. The van der Waals surface area contributed by atoms with Crippen molar-refractivity contribution in [3.8, 4) is 5.75 Å². The van der Waals surface area contributed by atoms with Gasteiger partial charge < -0.3 is 14.7 Å². The number of benzene rings is 1. The van der Waals surface area contributed by atoms with E-state index in [1.807, 2.05) is 6.92 Å². The maximum Gasteiger partial charge on any atom is 0.260 e. The van der Waals surface area contributed by atoms with Crippen LogP contribution in [0.4, 0.5) is 0 Å². The number of carbonyl (C=O) groups is 1. The van der Waals surface area contributed by atoms with Crippen LogP contribution in [0.3, 0.4) is 0 Å². The fraction of sp³-hybridized carbons (Fsp3) is 0.417. The third kappa shape index (κ3) is 4.73. The Kier molecular flexibility index (Phi) is 6.72. The summed E-state index contributed by atoms with van der Waals surface area (Å²) in [7, 11) is 0. The molecular weight excluding hydrogens is 312 g/mol. The van der Waals surface area contributed by atoms with Gasteiger partial charge in [-0.25, -0.2) is 0 Å². The van der Waals surface area contributed by atoms with Crippen LogP contribution >= 0.6 is 34.8 Å². The van der Waals surface area contributed by atoms with Crippen molar-refractivity contribution in [2.24, 2.45) is 0 Å². The van der Waals surface area contributed by atoms with E-state index in [9.17, 15) is 4.79 Å². The zero-order valence-electron chi connectivity index (χ0n) is 10.3. The molecule has 0 aliphatic rings. The molecule has 7 heteroatoms. The van der Waals surface area contributed by atoms with E-state index < -0.39 is 0 Å². The first-order valence-corrected chi connectivity index (χ1v) is 6.79. The van der Waals surface area contributed by atoms with Gasteiger partial charge in [-0.3, -0.25) is 4.79 Å². The topological polar surface area (TPSA) is 49.8 Å². The number of aliphatic hydroxyl groups excluding tert-OH is 1. The van der Waals surface area contributed by atoms with Crippen molar-refractivity contribution >= 4 is 40.7 Å². The number of carbonyl (C=O) groups excluding carboxylic acids is 1. The highest BCUT2D eigenvalue weighted by molar-refractivity contribution is 6.43. The van der Waals surface area contributed by atoms with Crippen molar-refractivity contribution in [1.29, 1.82) is 0 Å². The maximum atomic E-state index is 11.8. The van der Waals surface area contributed by atoms with E-state index in [4.69, 9.17) is 44.6 Å². The van der Waals surface area contributed by atoms with Gasteiger partial charge in [0.25, 0.3) is 5.91 Å². The second-order valence-electron chi connectivity index (χ2n) is 3.68.